The van der Waals surface area contributed by atoms with Gasteiger partial charge in [-0.15, -0.1) is 11.3 Å². The SMILES string of the molecule is CN1CCN(CCc2ccc(NC(=O)c3ccc4nc(-c5cncs5)[nH]c4c3)cc2)CC1. The van der Waals surface area contributed by atoms with Crippen molar-refractivity contribution in [1.82, 2.24) is 24.8 Å². The Balaban J connectivity index is 1.20. The van der Waals surface area contributed by atoms with Crippen LogP contribution in [0.25, 0.3) is 21.7 Å². The van der Waals surface area contributed by atoms with Crippen LogP contribution in [0.2, 0.25) is 0 Å². The molecule has 0 aliphatic carbocycles. The normalized spacial score (nSPS) is 15.3. The molecule has 2 N–H and O–H groups in total. The Morgan fingerprint density at radius 2 is 1.94 bits per heavy atom. The number of hydrogen-bond acceptors (Lipinski definition) is 6. The summed E-state index contributed by atoms with van der Waals surface area (Å²) in [4.78, 5) is 30.6. The van der Waals surface area contributed by atoms with Crippen LogP contribution >= 0.6 is 11.3 Å². The first kappa shape index (κ1) is 20.8. The van der Waals surface area contributed by atoms with Crippen LogP contribution in [0.4, 0.5) is 5.69 Å². The summed E-state index contributed by atoms with van der Waals surface area (Å²) in [6.07, 6.45) is 2.81. The number of H-pyrrole nitrogens is 1. The highest BCUT2D eigenvalue weighted by Crippen LogP contribution is 2.24. The number of hydrogen-bond donors (Lipinski definition) is 2. The second kappa shape index (κ2) is 9.20. The lowest BCUT2D eigenvalue weighted by molar-refractivity contribution is 0.102. The average Bonchev–Trinajstić information content (AvgIpc) is 3.49. The number of aromatic amines is 1. The number of piperazine rings is 1. The van der Waals surface area contributed by atoms with E-state index in [1.54, 1.807) is 17.8 Å². The lowest BCUT2D eigenvalue weighted by Gasteiger charge is -2.32. The van der Waals surface area contributed by atoms with E-state index in [0.29, 0.717) is 5.56 Å². The van der Waals surface area contributed by atoms with Crippen molar-refractivity contribution in [3.63, 3.8) is 0 Å². The fraction of sp³-hybridized carbons (Fsp3) is 0.292. The lowest BCUT2D eigenvalue weighted by atomic mass is 10.1. The van der Waals surface area contributed by atoms with Gasteiger partial charge < -0.3 is 20.1 Å². The number of likely N-dealkylation sites (N-methyl/N-ethyl adjacent to an activating group) is 1. The number of imidazole rings is 1. The summed E-state index contributed by atoms with van der Waals surface area (Å²) in [6.45, 7) is 5.63. The first-order valence-corrected chi connectivity index (χ1v) is 11.7. The van der Waals surface area contributed by atoms with Crippen LogP contribution in [-0.4, -0.2) is 70.4 Å². The number of carbonyl (C=O) groups excluding carboxylic acids is 1. The number of benzene rings is 2. The third kappa shape index (κ3) is 4.72. The molecule has 0 saturated carbocycles. The molecule has 2 aromatic heterocycles. The van der Waals surface area contributed by atoms with Gasteiger partial charge in [-0.05, 0) is 49.4 Å². The van der Waals surface area contributed by atoms with Crippen LogP contribution in [0.1, 0.15) is 15.9 Å². The fourth-order valence-electron chi connectivity index (χ4n) is 3.92. The van der Waals surface area contributed by atoms with E-state index in [4.69, 9.17) is 0 Å². The van der Waals surface area contributed by atoms with Crippen molar-refractivity contribution in [3.05, 3.63) is 65.3 Å². The molecule has 4 aromatic rings. The van der Waals surface area contributed by atoms with Gasteiger partial charge in [0.05, 0.1) is 21.4 Å². The highest BCUT2D eigenvalue weighted by atomic mass is 32.1. The number of rotatable bonds is 6. The van der Waals surface area contributed by atoms with Crippen LogP contribution < -0.4 is 5.32 Å². The van der Waals surface area contributed by atoms with Crippen LogP contribution in [0.3, 0.4) is 0 Å². The molecule has 1 aliphatic rings. The van der Waals surface area contributed by atoms with E-state index >= 15 is 0 Å². The molecule has 32 heavy (non-hydrogen) atoms. The molecule has 2 aromatic carbocycles. The zero-order chi connectivity index (χ0) is 21.9. The smallest absolute Gasteiger partial charge is 0.255 e. The van der Waals surface area contributed by atoms with Crippen LogP contribution in [0, 0.1) is 0 Å². The molecule has 0 bridgehead atoms. The van der Waals surface area contributed by atoms with Gasteiger partial charge in [-0.25, -0.2) is 4.98 Å². The molecule has 0 atom stereocenters. The molecule has 1 saturated heterocycles. The summed E-state index contributed by atoms with van der Waals surface area (Å²) in [7, 11) is 2.18. The Kier molecular flexibility index (Phi) is 5.98. The molecule has 0 unspecified atom stereocenters. The Morgan fingerprint density at radius 1 is 1.12 bits per heavy atom. The third-order valence-corrected chi connectivity index (χ3v) is 6.71. The minimum Gasteiger partial charge on any atom is -0.337 e. The summed E-state index contributed by atoms with van der Waals surface area (Å²) >= 11 is 1.53. The minimum absolute atomic E-state index is 0.133. The Morgan fingerprint density at radius 3 is 2.69 bits per heavy atom. The zero-order valence-electron chi connectivity index (χ0n) is 18.0. The predicted octanol–water partition coefficient (Wildman–Crippen LogP) is 3.73. The van der Waals surface area contributed by atoms with Gasteiger partial charge in [0.1, 0.15) is 5.82 Å². The quantitative estimate of drug-likeness (QED) is 0.472. The number of fused-ring (bicyclic) bond motifs is 1. The van der Waals surface area contributed by atoms with Crippen LogP contribution in [0.15, 0.2) is 54.2 Å². The van der Waals surface area contributed by atoms with Crippen molar-refractivity contribution in [1.29, 1.82) is 0 Å². The van der Waals surface area contributed by atoms with E-state index in [-0.39, 0.29) is 5.91 Å². The molecular weight excluding hydrogens is 420 g/mol. The van der Waals surface area contributed by atoms with Gasteiger partial charge in [-0.1, -0.05) is 12.1 Å². The van der Waals surface area contributed by atoms with Gasteiger partial charge in [0.25, 0.3) is 5.91 Å². The summed E-state index contributed by atoms with van der Waals surface area (Å²) < 4.78 is 0. The molecular formula is C24H26N6OS. The van der Waals surface area contributed by atoms with Gasteiger partial charge in [0, 0.05) is 50.2 Å². The molecule has 8 heteroatoms. The number of amides is 1. The van der Waals surface area contributed by atoms with E-state index in [9.17, 15) is 4.79 Å². The summed E-state index contributed by atoms with van der Waals surface area (Å²) in [5.41, 5.74) is 6.12. The van der Waals surface area contributed by atoms with E-state index in [2.05, 4.69) is 49.2 Å². The van der Waals surface area contributed by atoms with E-state index in [1.807, 2.05) is 24.3 Å². The monoisotopic (exact) mass is 446 g/mol. The first-order chi connectivity index (χ1) is 15.6. The maximum atomic E-state index is 12.8. The molecule has 3 heterocycles. The van der Waals surface area contributed by atoms with Crippen molar-refractivity contribution in [2.75, 3.05) is 45.1 Å². The van der Waals surface area contributed by atoms with Gasteiger partial charge in [-0.2, -0.15) is 0 Å². The van der Waals surface area contributed by atoms with Crippen LogP contribution in [-0.2, 0) is 6.42 Å². The number of nitrogens with one attached hydrogen (secondary N) is 2. The maximum Gasteiger partial charge on any atom is 0.255 e. The number of thiazole rings is 1. The molecule has 1 amide bonds. The van der Waals surface area contributed by atoms with Gasteiger partial charge >= 0.3 is 0 Å². The van der Waals surface area contributed by atoms with Crippen molar-refractivity contribution < 1.29 is 4.79 Å². The fourth-order valence-corrected chi connectivity index (χ4v) is 4.48. The Labute approximate surface area is 191 Å². The lowest BCUT2D eigenvalue weighted by Crippen LogP contribution is -2.45. The molecule has 5 rings (SSSR count). The predicted molar refractivity (Wildman–Crippen MR) is 129 cm³/mol. The molecule has 1 aliphatic heterocycles. The van der Waals surface area contributed by atoms with Crippen molar-refractivity contribution in [2.24, 2.45) is 0 Å². The van der Waals surface area contributed by atoms with E-state index in [0.717, 1.165) is 66.6 Å². The summed E-state index contributed by atoms with van der Waals surface area (Å²) in [6, 6.07) is 13.7. The van der Waals surface area contributed by atoms with Crippen molar-refractivity contribution >= 4 is 34.0 Å². The second-order valence-electron chi connectivity index (χ2n) is 8.23. The van der Waals surface area contributed by atoms with E-state index in [1.165, 1.54) is 16.9 Å². The highest BCUT2D eigenvalue weighted by molar-refractivity contribution is 7.13. The minimum atomic E-state index is -0.133. The average molecular weight is 447 g/mol. The summed E-state index contributed by atoms with van der Waals surface area (Å²) in [5, 5.41) is 3.00. The van der Waals surface area contributed by atoms with E-state index < -0.39 is 0 Å². The number of anilines is 1. The second-order valence-corrected chi connectivity index (χ2v) is 9.12. The largest absolute Gasteiger partial charge is 0.337 e. The topological polar surface area (TPSA) is 77.2 Å². The molecule has 1 fully saturated rings. The molecule has 0 radical (unpaired) electrons. The number of nitrogens with zero attached hydrogens (tertiary/aromatic N) is 4. The molecule has 7 nitrogen and oxygen atoms in total. The first-order valence-electron chi connectivity index (χ1n) is 10.8. The zero-order valence-corrected chi connectivity index (χ0v) is 18.9. The van der Waals surface area contributed by atoms with Gasteiger partial charge in [-0.3, -0.25) is 9.78 Å². The van der Waals surface area contributed by atoms with Crippen LogP contribution in [0.5, 0.6) is 0 Å². The number of aromatic nitrogens is 3. The number of carbonyl (C=O) groups is 1. The van der Waals surface area contributed by atoms with Gasteiger partial charge in [0.15, 0.2) is 0 Å². The van der Waals surface area contributed by atoms with Gasteiger partial charge in [0.2, 0.25) is 0 Å². The molecule has 164 valence electrons. The standard InChI is InChI=1S/C24H26N6OS/c1-29-10-12-30(13-11-29)9-8-17-2-5-19(6-3-17)26-24(31)18-4-7-20-21(14-18)28-23(27-20)22-15-25-16-32-22/h2-7,14-16H,8-13H2,1H3,(H,26,31)(H,27,28). The van der Waals surface area contributed by atoms with Crippen molar-refractivity contribution in [3.8, 4) is 10.7 Å². The maximum absolute atomic E-state index is 12.8. The van der Waals surface area contributed by atoms with Crippen molar-refractivity contribution in [2.45, 2.75) is 6.42 Å². The molecule has 0 spiro atoms. The highest BCUT2D eigenvalue weighted by Gasteiger charge is 2.14. The Bertz CT molecular complexity index is 1190. The summed E-state index contributed by atoms with van der Waals surface area (Å²) in [5.74, 6) is 0.637. The third-order valence-electron chi connectivity index (χ3n) is 5.93. The Hall–Kier alpha value is -3.07.